The summed E-state index contributed by atoms with van der Waals surface area (Å²) < 4.78 is 14.2. The molecule has 2 aliphatic heterocycles. The van der Waals surface area contributed by atoms with Gasteiger partial charge in [-0.05, 0) is 43.5 Å². The topological polar surface area (TPSA) is 69.6 Å². The van der Waals surface area contributed by atoms with Gasteiger partial charge in [0.2, 0.25) is 0 Å². The van der Waals surface area contributed by atoms with Gasteiger partial charge in [0.05, 0.1) is 11.1 Å². The highest BCUT2D eigenvalue weighted by molar-refractivity contribution is 6.30. The minimum atomic E-state index is -0.552. The van der Waals surface area contributed by atoms with Gasteiger partial charge in [-0.2, -0.15) is 0 Å². The van der Waals surface area contributed by atoms with Crippen LogP contribution in [0.3, 0.4) is 0 Å². The fourth-order valence-electron chi connectivity index (χ4n) is 4.34. The van der Waals surface area contributed by atoms with Crippen LogP contribution in [0.15, 0.2) is 36.7 Å². The Morgan fingerprint density at radius 2 is 2.11 bits per heavy atom. The highest BCUT2D eigenvalue weighted by Gasteiger charge is 2.47. The number of hydrogen-bond acceptors (Lipinski definition) is 5. The van der Waals surface area contributed by atoms with Crippen LogP contribution in [-0.4, -0.2) is 58.2 Å². The SMILES string of the molecule is O=C(c1ccc(Cl)cn1)N1CCC[C@]2(C1)CN(c1ncccc1F)CC[C@H]2O. The third kappa shape index (κ3) is 3.56. The number of piperidine rings is 2. The highest BCUT2D eigenvalue weighted by atomic mass is 35.5. The zero-order chi connectivity index (χ0) is 19.7. The molecule has 2 fully saturated rings. The van der Waals surface area contributed by atoms with E-state index in [0.717, 1.165) is 12.8 Å². The Hall–Kier alpha value is -2.25. The molecule has 1 N–H and O–H groups in total. The van der Waals surface area contributed by atoms with Crippen molar-refractivity contribution in [1.29, 1.82) is 0 Å². The number of aromatic nitrogens is 2. The second-order valence-electron chi connectivity index (χ2n) is 7.59. The molecule has 2 aliphatic rings. The Balaban J connectivity index is 1.56. The summed E-state index contributed by atoms with van der Waals surface area (Å²) in [4.78, 5) is 24.8. The molecule has 0 aromatic carbocycles. The number of likely N-dealkylation sites (tertiary alicyclic amines) is 1. The van der Waals surface area contributed by atoms with Gasteiger partial charge < -0.3 is 14.9 Å². The summed E-state index contributed by atoms with van der Waals surface area (Å²) in [5.41, 5.74) is -0.179. The van der Waals surface area contributed by atoms with Gasteiger partial charge in [0.1, 0.15) is 5.69 Å². The molecule has 2 atom stereocenters. The molecule has 0 bridgehead atoms. The number of amides is 1. The number of carbonyl (C=O) groups excluding carboxylic acids is 1. The average Bonchev–Trinajstić information content (AvgIpc) is 2.71. The van der Waals surface area contributed by atoms with Crippen LogP contribution >= 0.6 is 11.6 Å². The average molecular weight is 405 g/mol. The summed E-state index contributed by atoms with van der Waals surface area (Å²) in [7, 11) is 0. The summed E-state index contributed by atoms with van der Waals surface area (Å²) in [6.07, 6.45) is 4.53. The van der Waals surface area contributed by atoms with Crippen LogP contribution in [-0.2, 0) is 0 Å². The summed E-state index contributed by atoms with van der Waals surface area (Å²) in [6, 6.07) is 6.21. The van der Waals surface area contributed by atoms with Gasteiger partial charge in [-0.25, -0.2) is 14.4 Å². The van der Waals surface area contributed by atoms with Crippen molar-refractivity contribution in [2.75, 3.05) is 31.1 Å². The smallest absolute Gasteiger partial charge is 0.272 e. The molecule has 1 amide bonds. The maximum absolute atomic E-state index is 14.2. The minimum absolute atomic E-state index is 0.177. The summed E-state index contributed by atoms with van der Waals surface area (Å²) in [6.45, 7) is 2.00. The molecule has 2 aromatic heterocycles. The summed E-state index contributed by atoms with van der Waals surface area (Å²) in [5, 5.41) is 11.3. The van der Waals surface area contributed by atoms with E-state index >= 15 is 0 Å². The Labute approximate surface area is 168 Å². The second kappa shape index (κ2) is 7.64. The van der Waals surface area contributed by atoms with E-state index in [1.54, 1.807) is 29.3 Å². The number of halogens is 2. The van der Waals surface area contributed by atoms with Crippen molar-refractivity contribution in [3.8, 4) is 0 Å². The first-order chi connectivity index (χ1) is 13.5. The van der Waals surface area contributed by atoms with Crippen LogP contribution in [0.1, 0.15) is 29.8 Å². The molecule has 0 aliphatic carbocycles. The maximum atomic E-state index is 14.2. The predicted octanol–water partition coefficient (Wildman–Crippen LogP) is 2.76. The Morgan fingerprint density at radius 3 is 2.86 bits per heavy atom. The number of hydrogen-bond donors (Lipinski definition) is 1. The molecule has 0 unspecified atom stereocenters. The van der Waals surface area contributed by atoms with Crippen molar-refractivity contribution >= 4 is 23.3 Å². The van der Waals surface area contributed by atoms with Gasteiger partial charge in [0.15, 0.2) is 11.6 Å². The maximum Gasteiger partial charge on any atom is 0.272 e. The van der Waals surface area contributed by atoms with Crippen molar-refractivity contribution in [3.05, 3.63) is 53.2 Å². The van der Waals surface area contributed by atoms with Crippen molar-refractivity contribution in [1.82, 2.24) is 14.9 Å². The van der Waals surface area contributed by atoms with E-state index in [1.807, 2.05) is 4.90 Å². The molecule has 148 valence electrons. The lowest BCUT2D eigenvalue weighted by Gasteiger charge is -2.51. The monoisotopic (exact) mass is 404 g/mol. The molecular weight excluding hydrogens is 383 g/mol. The highest BCUT2D eigenvalue weighted by Crippen LogP contribution is 2.40. The predicted molar refractivity (Wildman–Crippen MR) is 104 cm³/mol. The molecule has 2 aromatic rings. The first-order valence-electron chi connectivity index (χ1n) is 9.43. The lowest BCUT2D eigenvalue weighted by molar-refractivity contribution is -0.0364. The van der Waals surface area contributed by atoms with Gasteiger partial charge in [0.25, 0.3) is 5.91 Å². The molecule has 0 radical (unpaired) electrons. The van der Waals surface area contributed by atoms with Gasteiger partial charge in [-0.15, -0.1) is 0 Å². The summed E-state index contributed by atoms with van der Waals surface area (Å²) >= 11 is 5.86. The third-order valence-electron chi connectivity index (χ3n) is 5.77. The van der Waals surface area contributed by atoms with Gasteiger partial charge >= 0.3 is 0 Å². The van der Waals surface area contributed by atoms with Crippen LogP contribution < -0.4 is 4.90 Å². The second-order valence-corrected chi connectivity index (χ2v) is 8.03. The molecule has 28 heavy (non-hydrogen) atoms. The van der Waals surface area contributed by atoms with Gasteiger partial charge in [0, 0.05) is 44.0 Å². The number of carbonyl (C=O) groups is 1. The first kappa shape index (κ1) is 19.1. The van der Waals surface area contributed by atoms with E-state index in [2.05, 4.69) is 9.97 Å². The molecule has 4 rings (SSSR count). The normalized spacial score (nSPS) is 25.2. The van der Waals surface area contributed by atoms with Crippen molar-refractivity contribution < 1.29 is 14.3 Å². The Kier molecular flexibility index (Phi) is 5.21. The van der Waals surface area contributed by atoms with E-state index in [0.29, 0.717) is 49.1 Å². The van der Waals surface area contributed by atoms with Gasteiger partial charge in [-0.1, -0.05) is 11.6 Å². The van der Waals surface area contributed by atoms with Crippen LogP contribution in [0.4, 0.5) is 10.2 Å². The van der Waals surface area contributed by atoms with Crippen LogP contribution in [0.2, 0.25) is 5.02 Å². The van der Waals surface area contributed by atoms with Crippen molar-refractivity contribution in [2.45, 2.75) is 25.4 Å². The number of anilines is 1. The number of pyridine rings is 2. The van der Waals surface area contributed by atoms with Crippen LogP contribution in [0, 0.1) is 11.2 Å². The fourth-order valence-corrected chi connectivity index (χ4v) is 4.45. The number of aliphatic hydroxyl groups is 1. The molecule has 6 nitrogen and oxygen atoms in total. The molecule has 4 heterocycles. The number of rotatable bonds is 2. The van der Waals surface area contributed by atoms with E-state index in [4.69, 9.17) is 11.6 Å². The lowest BCUT2D eigenvalue weighted by atomic mass is 9.71. The number of aliphatic hydroxyl groups excluding tert-OH is 1. The Morgan fingerprint density at radius 1 is 1.25 bits per heavy atom. The van der Waals surface area contributed by atoms with Crippen molar-refractivity contribution in [2.24, 2.45) is 5.41 Å². The fraction of sp³-hybridized carbons (Fsp3) is 0.450. The molecule has 8 heteroatoms. The molecule has 0 saturated carbocycles. The van der Waals surface area contributed by atoms with E-state index in [-0.39, 0.29) is 11.7 Å². The Bertz CT molecular complexity index is 866. The van der Waals surface area contributed by atoms with E-state index < -0.39 is 11.5 Å². The quantitative estimate of drug-likeness (QED) is 0.833. The number of nitrogens with zero attached hydrogens (tertiary/aromatic N) is 4. The first-order valence-corrected chi connectivity index (χ1v) is 9.81. The van der Waals surface area contributed by atoms with Crippen LogP contribution in [0.5, 0.6) is 0 Å². The van der Waals surface area contributed by atoms with Crippen LogP contribution in [0.25, 0.3) is 0 Å². The van der Waals surface area contributed by atoms with Crippen molar-refractivity contribution in [3.63, 3.8) is 0 Å². The van der Waals surface area contributed by atoms with Gasteiger partial charge in [-0.3, -0.25) is 4.79 Å². The summed E-state index contributed by atoms with van der Waals surface area (Å²) in [5.74, 6) is -0.246. The standard InChI is InChI=1S/C20H22ClFN4O2/c21-14-4-5-16(24-11-14)19(28)26-9-2-7-20(13-26)12-25(10-6-17(20)27)18-15(22)3-1-8-23-18/h1,3-5,8,11,17,27H,2,6-7,9-10,12-13H2/t17-,20-/m1/s1. The zero-order valence-electron chi connectivity index (χ0n) is 15.4. The molecular formula is C20H22ClFN4O2. The minimum Gasteiger partial charge on any atom is -0.392 e. The molecule has 2 saturated heterocycles. The van der Waals surface area contributed by atoms with E-state index in [1.165, 1.54) is 12.3 Å². The zero-order valence-corrected chi connectivity index (χ0v) is 16.1. The molecule has 1 spiro atoms. The van der Waals surface area contributed by atoms with E-state index in [9.17, 15) is 14.3 Å². The largest absolute Gasteiger partial charge is 0.392 e. The lowest BCUT2D eigenvalue weighted by Crippen LogP contribution is -2.60. The third-order valence-corrected chi connectivity index (χ3v) is 5.99.